The molecule has 0 radical (unpaired) electrons. The van der Waals surface area contributed by atoms with Crippen LogP contribution in [0.1, 0.15) is 36.9 Å². The third kappa shape index (κ3) is 3.48. The predicted molar refractivity (Wildman–Crippen MR) is 104 cm³/mol. The second-order valence-electron chi connectivity index (χ2n) is 7.47. The molecule has 3 heterocycles. The van der Waals surface area contributed by atoms with Crippen LogP contribution in [-0.2, 0) is 17.6 Å². The van der Waals surface area contributed by atoms with Crippen LogP contribution in [0.4, 0.5) is 4.39 Å². The molecule has 1 aliphatic carbocycles. The molecule has 1 N–H and O–H groups in total. The first-order valence-electron chi connectivity index (χ1n) is 10.1. The highest BCUT2D eigenvalue weighted by Crippen LogP contribution is 2.43. The SMILES string of the molecule is Fc1ccccc1-c1c2c(nc(OC3CCOC3)c1-c1nn[nH]n1)CCCCC2. The van der Waals surface area contributed by atoms with Crippen molar-refractivity contribution < 1.29 is 13.9 Å². The van der Waals surface area contributed by atoms with Gasteiger partial charge in [-0.25, -0.2) is 9.37 Å². The Morgan fingerprint density at radius 3 is 2.79 bits per heavy atom. The van der Waals surface area contributed by atoms with Crippen LogP contribution in [0.15, 0.2) is 24.3 Å². The summed E-state index contributed by atoms with van der Waals surface area (Å²) in [5.41, 5.74) is 3.91. The van der Waals surface area contributed by atoms with Crippen molar-refractivity contribution in [3.05, 3.63) is 41.3 Å². The summed E-state index contributed by atoms with van der Waals surface area (Å²) in [7, 11) is 0. The first-order valence-corrected chi connectivity index (χ1v) is 10.1. The summed E-state index contributed by atoms with van der Waals surface area (Å²) in [5.74, 6) is 0.502. The van der Waals surface area contributed by atoms with E-state index in [-0.39, 0.29) is 11.9 Å². The van der Waals surface area contributed by atoms with Crippen LogP contribution in [0.3, 0.4) is 0 Å². The average molecular weight is 395 g/mol. The molecular formula is C21H22FN5O2. The molecule has 0 saturated carbocycles. The Balaban J connectivity index is 1.78. The number of benzene rings is 1. The average Bonchev–Trinajstić information content (AvgIpc) is 3.39. The number of hydrogen-bond acceptors (Lipinski definition) is 6. The lowest BCUT2D eigenvalue weighted by Gasteiger charge is -2.21. The van der Waals surface area contributed by atoms with E-state index >= 15 is 0 Å². The molecule has 0 bridgehead atoms. The van der Waals surface area contributed by atoms with Gasteiger partial charge >= 0.3 is 0 Å². The third-order valence-electron chi connectivity index (χ3n) is 5.57. The highest BCUT2D eigenvalue weighted by atomic mass is 19.1. The molecule has 7 nitrogen and oxygen atoms in total. The number of halogens is 1. The number of pyridine rings is 1. The van der Waals surface area contributed by atoms with E-state index in [4.69, 9.17) is 14.5 Å². The molecule has 1 saturated heterocycles. The standard InChI is InChI=1S/C21H22FN5O2/c22-16-8-5-4-6-14(16)18-15-7-2-1-3-9-17(15)23-21(29-13-10-11-28-12-13)19(18)20-24-26-27-25-20/h4-6,8,13H,1-3,7,9-12H2,(H,24,25,26,27). The number of ether oxygens (including phenoxy) is 2. The largest absolute Gasteiger partial charge is 0.471 e. The van der Waals surface area contributed by atoms with E-state index in [0.717, 1.165) is 55.3 Å². The first-order chi connectivity index (χ1) is 14.3. The molecule has 8 heteroatoms. The minimum atomic E-state index is -0.287. The summed E-state index contributed by atoms with van der Waals surface area (Å²) >= 11 is 0. The zero-order valence-corrected chi connectivity index (χ0v) is 16.0. The number of aryl methyl sites for hydroxylation is 1. The zero-order valence-electron chi connectivity index (χ0n) is 16.0. The van der Waals surface area contributed by atoms with Gasteiger partial charge in [-0.05, 0) is 42.5 Å². The van der Waals surface area contributed by atoms with Gasteiger partial charge in [0.1, 0.15) is 11.9 Å². The fourth-order valence-corrected chi connectivity index (χ4v) is 4.18. The fourth-order valence-electron chi connectivity index (χ4n) is 4.18. The van der Waals surface area contributed by atoms with Crippen molar-refractivity contribution >= 4 is 0 Å². The number of tetrazole rings is 1. The topological polar surface area (TPSA) is 85.8 Å². The van der Waals surface area contributed by atoms with Crippen molar-refractivity contribution in [2.45, 2.75) is 44.6 Å². The van der Waals surface area contributed by atoms with Gasteiger partial charge in [-0.15, -0.1) is 10.2 Å². The van der Waals surface area contributed by atoms with Crippen molar-refractivity contribution in [3.8, 4) is 28.4 Å². The summed E-state index contributed by atoms with van der Waals surface area (Å²) in [5, 5.41) is 14.6. The number of H-pyrrole nitrogens is 1. The number of aromatic amines is 1. The number of aromatic nitrogens is 5. The molecule has 2 aliphatic rings. The molecule has 150 valence electrons. The van der Waals surface area contributed by atoms with E-state index in [1.165, 1.54) is 6.07 Å². The molecule has 3 aromatic rings. The lowest BCUT2D eigenvalue weighted by Crippen LogP contribution is -2.18. The second-order valence-corrected chi connectivity index (χ2v) is 7.47. The Morgan fingerprint density at radius 2 is 2.00 bits per heavy atom. The Morgan fingerprint density at radius 1 is 1.10 bits per heavy atom. The highest BCUT2D eigenvalue weighted by Gasteiger charge is 2.29. The maximum absolute atomic E-state index is 15.0. The van der Waals surface area contributed by atoms with E-state index in [1.54, 1.807) is 12.1 Å². The van der Waals surface area contributed by atoms with Crippen molar-refractivity contribution in [2.75, 3.05) is 13.2 Å². The fraction of sp³-hybridized carbons (Fsp3) is 0.429. The third-order valence-corrected chi connectivity index (χ3v) is 5.57. The molecule has 2 aromatic heterocycles. The number of nitrogens with one attached hydrogen (secondary N) is 1. The first kappa shape index (κ1) is 18.2. The van der Waals surface area contributed by atoms with Crippen molar-refractivity contribution in [1.29, 1.82) is 0 Å². The van der Waals surface area contributed by atoms with Crippen LogP contribution >= 0.6 is 0 Å². The smallest absolute Gasteiger partial charge is 0.226 e. The van der Waals surface area contributed by atoms with E-state index < -0.39 is 0 Å². The van der Waals surface area contributed by atoms with Gasteiger partial charge in [0.25, 0.3) is 0 Å². The van der Waals surface area contributed by atoms with Crippen LogP contribution in [0.2, 0.25) is 0 Å². The number of nitrogens with zero attached hydrogens (tertiary/aromatic N) is 4. The van der Waals surface area contributed by atoms with Crippen LogP contribution in [0, 0.1) is 5.82 Å². The minimum Gasteiger partial charge on any atom is -0.471 e. The molecule has 1 aromatic carbocycles. The Kier molecular flexibility index (Phi) is 4.93. The molecule has 1 aliphatic heterocycles. The van der Waals surface area contributed by atoms with Gasteiger partial charge in [-0.2, -0.15) is 5.21 Å². The Labute approximate surface area is 167 Å². The molecule has 29 heavy (non-hydrogen) atoms. The van der Waals surface area contributed by atoms with Crippen LogP contribution in [0.25, 0.3) is 22.5 Å². The lowest BCUT2D eigenvalue weighted by molar-refractivity contribution is 0.138. The van der Waals surface area contributed by atoms with Gasteiger partial charge in [-0.1, -0.05) is 24.6 Å². The quantitative estimate of drug-likeness (QED) is 0.681. The number of rotatable bonds is 4. The summed E-state index contributed by atoms with van der Waals surface area (Å²) in [6, 6.07) is 6.80. The molecule has 5 rings (SSSR count). The molecular weight excluding hydrogens is 373 g/mol. The van der Waals surface area contributed by atoms with Gasteiger partial charge in [0.05, 0.1) is 18.8 Å². The molecule has 0 amide bonds. The Hall–Kier alpha value is -2.87. The zero-order chi connectivity index (χ0) is 19.6. The maximum Gasteiger partial charge on any atom is 0.226 e. The summed E-state index contributed by atoms with van der Waals surface area (Å²) < 4.78 is 26.7. The van der Waals surface area contributed by atoms with Crippen LogP contribution in [-0.4, -0.2) is 44.9 Å². The second kappa shape index (κ2) is 7.87. The van der Waals surface area contributed by atoms with E-state index in [2.05, 4.69) is 20.6 Å². The van der Waals surface area contributed by atoms with Gasteiger partial charge in [-0.3, -0.25) is 0 Å². The van der Waals surface area contributed by atoms with E-state index in [1.807, 2.05) is 6.07 Å². The van der Waals surface area contributed by atoms with Crippen molar-refractivity contribution in [3.63, 3.8) is 0 Å². The minimum absolute atomic E-state index is 0.0922. The van der Waals surface area contributed by atoms with Gasteiger partial charge < -0.3 is 9.47 Å². The molecule has 1 unspecified atom stereocenters. The van der Waals surface area contributed by atoms with E-state index in [0.29, 0.717) is 36.0 Å². The van der Waals surface area contributed by atoms with E-state index in [9.17, 15) is 4.39 Å². The summed E-state index contributed by atoms with van der Waals surface area (Å²) in [6.45, 7) is 1.17. The normalized spacial score (nSPS) is 19.0. The summed E-state index contributed by atoms with van der Waals surface area (Å²) in [4.78, 5) is 4.89. The van der Waals surface area contributed by atoms with Crippen LogP contribution in [0.5, 0.6) is 5.88 Å². The summed E-state index contributed by atoms with van der Waals surface area (Å²) in [6.07, 6.45) is 5.61. The predicted octanol–water partition coefficient (Wildman–Crippen LogP) is 3.50. The number of fused-ring (bicyclic) bond motifs is 1. The number of hydrogen-bond donors (Lipinski definition) is 1. The van der Waals surface area contributed by atoms with Crippen molar-refractivity contribution in [1.82, 2.24) is 25.6 Å². The van der Waals surface area contributed by atoms with Crippen molar-refractivity contribution in [2.24, 2.45) is 0 Å². The monoisotopic (exact) mass is 395 g/mol. The van der Waals surface area contributed by atoms with Gasteiger partial charge in [0.15, 0.2) is 0 Å². The Bertz CT molecular complexity index is 1000. The van der Waals surface area contributed by atoms with Gasteiger partial charge in [0.2, 0.25) is 11.7 Å². The maximum atomic E-state index is 15.0. The molecule has 0 spiro atoms. The molecule has 1 fully saturated rings. The van der Waals surface area contributed by atoms with Crippen LogP contribution < -0.4 is 4.74 Å². The highest BCUT2D eigenvalue weighted by molar-refractivity contribution is 5.87. The lowest BCUT2D eigenvalue weighted by atomic mass is 9.91. The van der Waals surface area contributed by atoms with Gasteiger partial charge in [0, 0.05) is 23.2 Å². The molecule has 1 atom stereocenters.